The Hall–Kier alpha value is -3.36. The molecular formula is C25H21ClFN3O3S. The highest BCUT2D eigenvalue weighted by atomic mass is 35.5. The summed E-state index contributed by atoms with van der Waals surface area (Å²) in [6.07, 6.45) is 0. The fourth-order valence-electron chi connectivity index (χ4n) is 3.33. The number of ether oxygens (including phenoxy) is 1. The molecule has 0 aliphatic carbocycles. The monoisotopic (exact) mass is 497 g/mol. The fourth-order valence-corrected chi connectivity index (χ4v) is 4.46. The number of nitrogens with one attached hydrogen (secondary N) is 1. The first-order valence-electron chi connectivity index (χ1n) is 10.4. The maximum atomic E-state index is 13.8. The summed E-state index contributed by atoms with van der Waals surface area (Å²) in [5, 5.41) is 2.93. The van der Waals surface area contributed by atoms with Crippen molar-refractivity contribution in [1.82, 2.24) is 14.9 Å². The minimum atomic E-state index is -0.590. The lowest BCUT2D eigenvalue weighted by Gasteiger charge is -2.17. The summed E-state index contributed by atoms with van der Waals surface area (Å²) in [7, 11) is 1.59. The number of amides is 1. The van der Waals surface area contributed by atoms with Crippen LogP contribution in [0.4, 0.5) is 4.39 Å². The molecule has 3 aromatic carbocycles. The Morgan fingerprint density at radius 1 is 1.18 bits per heavy atom. The third kappa shape index (κ3) is 5.08. The largest absolute Gasteiger partial charge is 0.497 e. The Balaban J connectivity index is 1.62. The average Bonchev–Trinajstić information content (AvgIpc) is 2.85. The molecule has 4 rings (SSSR count). The van der Waals surface area contributed by atoms with Crippen LogP contribution in [0.3, 0.4) is 0 Å². The minimum absolute atomic E-state index is 0.112. The molecule has 9 heteroatoms. The first-order chi connectivity index (χ1) is 16.4. The number of rotatable bonds is 7. The van der Waals surface area contributed by atoms with E-state index in [4.69, 9.17) is 16.3 Å². The number of hydrogen-bond donors (Lipinski definition) is 1. The molecule has 0 saturated heterocycles. The van der Waals surface area contributed by atoms with Gasteiger partial charge in [-0.2, -0.15) is 0 Å². The Kier molecular flexibility index (Phi) is 7.19. The van der Waals surface area contributed by atoms with Crippen molar-refractivity contribution in [3.8, 4) is 11.4 Å². The molecule has 1 amide bonds. The second kappa shape index (κ2) is 10.3. The lowest BCUT2D eigenvalue weighted by molar-refractivity contribution is -0.120. The van der Waals surface area contributed by atoms with Crippen LogP contribution in [-0.4, -0.2) is 27.8 Å². The van der Waals surface area contributed by atoms with Crippen molar-refractivity contribution < 1.29 is 13.9 Å². The summed E-state index contributed by atoms with van der Waals surface area (Å²) >= 11 is 7.11. The van der Waals surface area contributed by atoms with Gasteiger partial charge < -0.3 is 10.1 Å². The second-order valence-corrected chi connectivity index (χ2v) is 9.19. The highest BCUT2D eigenvalue weighted by Gasteiger charge is 2.20. The maximum absolute atomic E-state index is 13.8. The van der Waals surface area contributed by atoms with Crippen molar-refractivity contribution in [3.05, 3.63) is 93.5 Å². The normalized spacial score (nSPS) is 11.9. The van der Waals surface area contributed by atoms with Gasteiger partial charge in [-0.1, -0.05) is 47.6 Å². The van der Waals surface area contributed by atoms with E-state index in [1.165, 1.54) is 22.8 Å². The molecule has 1 heterocycles. The minimum Gasteiger partial charge on any atom is -0.497 e. The number of hydrogen-bond acceptors (Lipinski definition) is 5. The van der Waals surface area contributed by atoms with E-state index in [2.05, 4.69) is 10.3 Å². The number of fused-ring (bicyclic) bond motifs is 1. The predicted molar refractivity (Wildman–Crippen MR) is 132 cm³/mol. The third-order valence-corrected chi connectivity index (χ3v) is 6.53. The van der Waals surface area contributed by atoms with Crippen molar-refractivity contribution in [1.29, 1.82) is 0 Å². The lowest BCUT2D eigenvalue weighted by Crippen LogP contribution is -2.31. The molecule has 1 aromatic heterocycles. The fraction of sp³-hybridized carbons (Fsp3) is 0.160. The van der Waals surface area contributed by atoms with Crippen LogP contribution in [0, 0.1) is 5.82 Å². The molecule has 0 bridgehead atoms. The smallest absolute Gasteiger partial charge is 0.266 e. The Labute approximate surface area is 204 Å². The van der Waals surface area contributed by atoms with E-state index in [-0.39, 0.29) is 16.5 Å². The number of nitrogens with zero attached hydrogens (tertiary/aromatic N) is 2. The van der Waals surface area contributed by atoms with Crippen LogP contribution in [0.5, 0.6) is 5.75 Å². The van der Waals surface area contributed by atoms with Gasteiger partial charge in [0.1, 0.15) is 11.6 Å². The molecule has 4 aromatic rings. The van der Waals surface area contributed by atoms with Crippen LogP contribution < -0.4 is 15.6 Å². The van der Waals surface area contributed by atoms with Crippen molar-refractivity contribution in [2.45, 2.75) is 23.9 Å². The second-order valence-electron chi connectivity index (χ2n) is 7.48. The van der Waals surface area contributed by atoms with Crippen LogP contribution >= 0.6 is 23.4 Å². The van der Waals surface area contributed by atoms with Crippen molar-refractivity contribution in [2.24, 2.45) is 0 Å². The van der Waals surface area contributed by atoms with Gasteiger partial charge in [-0.25, -0.2) is 9.37 Å². The van der Waals surface area contributed by atoms with Gasteiger partial charge in [0, 0.05) is 6.54 Å². The van der Waals surface area contributed by atoms with Gasteiger partial charge >= 0.3 is 0 Å². The van der Waals surface area contributed by atoms with Gasteiger partial charge in [-0.3, -0.25) is 14.2 Å². The SMILES string of the molecule is COc1ccc(CNC(=O)[C@@H](C)Sc2nc3ccccc3c(=O)n2-c2ccc(F)c(Cl)c2)cc1. The summed E-state index contributed by atoms with van der Waals surface area (Å²) in [5.41, 5.74) is 1.46. The van der Waals surface area contributed by atoms with Crippen LogP contribution in [0.1, 0.15) is 12.5 Å². The number of aromatic nitrogens is 2. The van der Waals surface area contributed by atoms with Crippen LogP contribution in [0.25, 0.3) is 16.6 Å². The lowest BCUT2D eigenvalue weighted by atomic mass is 10.2. The topological polar surface area (TPSA) is 73.2 Å². The highest BCUT2D eigenvalue weighted by molar-refractivity contribution is 8.00. The van der Waals surface area contributed by atoms with Crippen molar-refractivity contribution >= 4 is 40.2 Å². The molecule has 6 nitrogen and oxygen atoms in total. The molecule has 0 saturated carbocycles. The maximum Gasteiger partial charge on any atom is 0.266 e. The first kappa shape index (κ1) is 23.8. The molecular weight excluding hydrogens is 477 g/mol. The summed E-state index contributed by atoms with van der Waals surface area (Å²) in [4.78, 5) is 30.7. The quantitative estimate of drug-likeness (QED) is 0.288. The van der Waals surface area contributed by atoms with Gasteiger partial charge in [0.25, 0.3) is 5.56 Å². The molecule has 0 radical (unpaired) electrons. The van der Waals surface area contributed by atoms with Crippen LogP contribution in [0.2, 0.25) is 5.02 Å². The number of halogens is 2. The summed E-state index contributed by atoms with van der Waals surface area (Å²) < 4.78 is 20.3. The Morgan fingerprint density at radius 2 is 1.91 bits per heavy atom. The van der Waals surface area contributed by atoms with Crippen LogP contribution in [-0.2, 0) is 11.3 Å². The standard InChI is InChI=1S/C25H21ClFN3O3S/c1-15(23(31)28-14-16-7-10-18(33-2)11-8-16)34-25-29-22-6-4-3-5-19(22)24(32)30(25)17-9-12-21(27)20(26)13-17/h3-13,15H,14H2,1-2H3,(H,28,31)/t15-/m1/s1. The number of methoxy groups -OCH3 is 1. The van der Waals surface area contributed by atoms with E-state index >= 15 is 0 Å². The zero-order chi connectivity index (χ0) is 24.2. The zero-order valence-corrected chi connectivity index (χ0v) is 20.0. The number of carbonyl (C=O) groups excluding carboxylic acids is 1. The molecule has 1 N–H and O–H groups in total. The highest BCUT2D eigenvalue weighted by Crippen LogP contribution is 2.27. The van der Waals surface area contributed by atoms with E-state index in [0.717, 1.165) is 23.1 Å². The van der Waals surface area contributed by atoms with Gasteiger partial charge in [0.2, 0.25) is 5.91 Å². The molecule has 34 heavy (non-hydrogen) atoms. The molecule has 0 aliphatic heterocycles. The summed E-state index contributed by atoms with van der Waals surface area (Å²) in [6, 6.07) is 18.3. The number of para-hydroxylation sites is 1. The van der Waals surface area contributed by atoms with E-state index in [9.17, 15) is 14.0 Å². The summed E-state index contributed by atoms with van der Waals surface area (Å²) in [5.74, 6) is -0.0696. The number of carbonyl (C=O) groups is 1. The number of benzene rings is 3. The van der Waals surface area contributed by atoms with Gasteiger partial charge in [-0.05, 0) is 55.0 Å². The molecule has 0 unspecified atom stereocenters. The van der Waals surface area contributed by atoms with E-state index < -0.39 is 11.1 Å². The van der Waals surface area contributed by atoms with E-state index in [1.807, 2.05) is 24.3 Å². The molecule has 0 fully saturated rings. The van der Waals surface area contributed by atoms with Gasteiger partial charge in [0.05, 0.1) is 34.0 Å². The Morgan fingerprint density at radius 3 is 2.62 bits per heavy atom. The van der Waals surface area contributed by atoms with Gasteiger partial charge in [0.15, 0.2) is 5.16 Å². The third-order valence-electron chi connectivity index (χ3n) is 5.18. The van der Waals surface area contributed by atoms with Crippen LogP contribution in [0.15, 0.2) is 76.7 Å². The molecule has 0 spiro atoms. The van der Waals surface area contributed by atoms with E-state index in [0.29, 0.717) is 28.3 Å². The zero-order valence-electron chi connectivity index (χ0n) is 18.4. The molecule has 1 atom stereocenters. The average molecular weight is 498 g/mol. The van der Waals surface area contributed by atoms with Crippen molar-refractivity contribution in [3.63, 3.8) is 0 Å². The Bertz CT molecular complexity index is 1410. The van der Waals surface area contributed by atoms with E-state index in [1.54, 1.807) is 38.3 Å². The number of thioether (sulfide) groups is 1. The molecule has 174 valence electrons. The van der Waals surface area contributed by atoms with Crippen molar-refractivity contribution in [2.75, 3.05) is 7.11 Å². The van der Waals surface area contributed by atoms with Gasteiger partial charge in [-0.15, -0.1) is 0 Å². The summed E-state index contributed by atoms with van der Waals surface area (Å²) in [6.45, 7) is 2.08. The first-order valence-corrected chi connectivity index (χ1v) is 11.7. The molecule has 0 aliphatic rings. The predicted octanol–water partition coefficient (Wildman–Crippen LogP) is 4.98.